The summed E-state index contributed by atoms with van der Waals surface area (Å²) < 4.78 is 32.5. The molecule has 6 heteroatoms. The third-order valence-electron chi connectivity index (χ3n) is 5.96. The number of hydrogen-bond donors (Lipinski definition) is 2. The molecule has 1 heterocycles. The summed E-state index contributed by atoms with van der Waals surface area (Å²) >= 11 is 0. The smallest absolute Gasteiger partial charge is 0.180 e. The Bertz CT molecular complexity index is 943. The average Bonchev–Trinajstić information content (AvgIpc) is 2.84. The summed E-state index contributed by atoms with van der Waals surface area (Å²) in [6, 6.07) is 13.0. The molecule has 0 amide bonds. The van der Waals surface area contributed by atoms with Crippen molar-refractivity contribution in [3.63, 3.8) is 0 Å². The van der Waals surface area contributed by atoms with Gasteiger partial charge in [0.1, 0.15) is 5.75 Å². The summed E-state index contributed by atoms with van der Waals surface area (Å²) in [5.74, 6) is 0.547. The Kier molecular flexibility index (Phi) is 6.66. The molecule has 0 aromatic heterocycles. The molecular formula is C23H31NO4S. The van der Waals surface area contributed by atoms with Crippen molar-refractivity contribution in [1.82, 2.24) is 5.32 Å². The summed E-state index contributed by atoms with van der Waals surface area (Å²) in [4.78, 5) is 0.288. The van der Waals surface area contributed by atoms with Crippen LogP contribution in [0, 0.1) is 0 Å². The Balaban J connectivity index is 2.27. The van der Waals surface area contributed by atoms with Crippen LogP contribution in [0.3, 0.4) is 0 Å². The molecule has 1 aliphatic rings. The summed E-state index contributed by atoms with van der Waals surface area (Å²) in [7, 11) is -2.02. The fourth-order valence-corrected chi connectivity index (χ4v) is 6.41. The van der Waals surface area contributed by atoms with Crippen LogP contribution in [0.2, 0.25) is 0 Å². The third-order valence-corrected chi connectivity index (χ3v) is 7.92. The lowest BCUT2D eigenvalue weighted by atomic mass is 9.88. The van der Waals surface area contributed by atoms with Gasteiger partial charge in [-0.05, 0) is 36.1 Å². The number of fused-ring (bicyclic) bond motifs is 1. The molecule has 2 aromatic carbocycles. The van der Waals surface area contributed by atoms with Crippen molar-refractivity contribution in [2.45, 2.75) is 62.6 Å². The maximum atomic E-state index is 13.5. The minimum Gasteiger partial charge on any atom is -0.496 e. The number of aliphatic hydroxyl groups excluding tert-OH is 1. The van der Waals surface area contributed by atoms with Gasteiger partial charge in [-0.2, -0.15) is 0 Å². The van der Waals surface area contributed by atoms with E-state index in [9.17, 15) is 13.5 Å². The summed E-state index contributed by atoms with van der Waals surface area (Å²) in [5.41, 5.74) is 1.66. The molecule has 3 rings (SSSR count). The highest BCUT2D eigenvalue weighted by molar-refractivity contribution is 7.91. The third kappa shape index (κ3) is 4.34. The number of ether oxygens (including phenoxy) is 1. The average molecular weight is 418 g/mol. The fourth-order valence-electron chi connectivity index (χ4n) is 4.24. The molecule has 0 radical (unpaired) electrons. The lowest BCUT2D eigenvalue weighted by Gasteiger charge is -2.36. The molecule has 0 spiro atoms. The second-order valence-corrected chi connectivity index (χ2v) is 9.80. The van der Waals surface area contributed by atoms with E-state index in [0.29, 0.717) is 23.3 Å². The molecule has 2 N–H and O–H groups in total. The first-order valence-corrected chi connectivity index (χ1v) is 11.9. The highest BCUT2D eigenvalue weighted by Crippen LogP contribution is 2.40. The van der Waals surface area contributed by atoms with Crippen LogP contribution in [-0.4, -0.2) is 31.9 Å². The zero-order valence-electron chi connectivity index (χ0n) is 17.4. The van der Waals surface area contributed by atoms with Crippen LogP contribution in [0.15, 0.2) is 47.4 Å². The van der Waals surface area contributed by atoms with E-state index in [1.807, 2.05) is 30.3 Å². The van der Waals surface area contributed by atoms with E-state index in [4.69, 9.17) is 4.74 Å². The van der Waals surface area contributed by atoms with Gasteiger partial charge in [0.25, 0.3) is 0 Å². The van der Waals surface area contributed by atoms with Crippen LogP contribution in [0.1, 0.15) is 62.3 Å². The predicted octanol–water partition coefficient (Wildman–Crippen LogP) is 3.99. The lowest BCUT2D eigenvalue weighted by molar-refractivity contribution is 0.273. The largest absolute Gasteiger partial charge is 0.496 e. The maximum absolute atomic E-state index is 13.5. The van der Waals surface area contributed by atoms with Gasteiger partial charge < -0.3 is 9.84 Å². The fraction of sp³-hybridized carbons (Fsp3) is 0.478. The van der Waals surface area contributed by atoms with Gasteiger partial charge in [0.2, 0.25) is 0 Å². The number of aliphatic hydroxyl groups is 1. The monoisotopic (exact) mass is 417 g/mol. The Morgan fingerprint density at radius 3 is 2.52 bits per heavy atom. The van der Waals surface area contributed by atoms with Gasteiger partial charge in [0.05, 0.1) is 30.4 Å². The quantitative estimate of drug-likeness (QED) is 0.712. The molecule has 158 valence electrons. The van der Waals surface area contributed by atoms with Crippen LogP contribution in [-0.2, 0) is 16.4 Å². The minimum absolute atomic E-state index is 0.0457. The summed E-state index contributed by atoms with van der Waals surface area (Å²) in [6.45, 7) is 3.90. The van der Waals surface area contributed by atoms with Crippen molar-refractivity contribution < 1.29 is 18.3 Å². The van der Waals surface area contributed by atoms with Crippen LogP contribution >= 0.6 is 0 Å². The number of hydrogen-bond acceptors (Lipinski definition) is 5. The Labute approximate surface area is 174 Å². The molecule has 2 unspecified atom stereocenters. The van der Waals surface area contributed by atoms with Gasteiger partial charge in [-0.15, -0.1) is 0 Å². The maximum Gasteiger partial charge on any atom is 0.180 e. The Morgan fingerprint density at radius 2 is 1.93 bits per heavy atom. The molecule has 0 aliphatic carbocycles. The molecule has 0 fully saturated rings. The second kappa shape index (κ2) is 8.86. The molecule has 1 aliphatic heterocycles. The lowest BCUT2D eigenvalue weighted by Crippen LogP contribution is -2.50. The summed E-state index contributed by atoms with van der Waals surface area (Å²) in [6.07, 6.45) is 3.47. The zero-order chi connectivity index (χ0) is 21.1. The first kappa shape index (κ1) is 21.8. The van der Waals surface area contributed by atoms with Crippen molar-refractivity contribution in [2.75, 3.05) is 12.9 Å². The Hall–Kier alpha value is -1.89. The molecule has 2 atom stereocenters. The number of methoxy groups -OCH3 is 1. The van der Waals surface area contributed by atoms with Crippen molar-refractivity contribution >= 4 is 9.84 Å². The number of benzene rings is 2. The topological polar surface area (TPSA) is 75.6 Å². The van der Waals surface area contributed by atoms with Crippen molar-refractivity contribution in [1.29, 1.82) is 0 Å². The van der Waals surface area contributed by atoms with Crippen LogP contribution in [0.25, 0.3) is 0 Å². The van der Waals surface area contributed by atoms with E-state index >= 15 is 0 Å². The van der Waals surface area contributed by atoms with Crippen LogP contribution in [0.4, 0.5) is 0 Å². The molecule has 0 saturated carbocycles. The molecular weight excluding hydrogens is 386 g/mol. The summed E-state index contributed by atoms with van der Waals surface area (Å²) in [5, 5.41) is 13.5. The molecule has 2 aromatic rings. The molecule has 0 saturated heterocycles. The number of nitrogens with one attached hydrogen (secondary N) is 1. The van der Waals surface area contributed by atoms with E-state index in [-0.39, 0.29) is 23.3 Å². The normalized spacial score (nSPS) is 23.2. The first-order chi connectivity index (χ1) is 13.9. The highest BCUT2D eigenvalue weighted by atomic mass is 32.2. The highest BCUT2D eigenvalue weighted by Gasteiger charge is 2.42. The first-order valence-electron chi connectivity index (χ1n) is 10.3. The van der Waals surface area contributed by atoms with Crippen LogP contribution in [0.5, 0.6) is 5.75 Å². The van der Waals surface area contributed by atoms with Gasteiger partial charge in [0, 0.05) is 11.1 Å². The zero-order valence-corrected chi connectivity index (χ0v) is 18.3. The van der Waals surface area contributed by atoms with Gasteiger partial charge in [-0.25, -0.2) is 8.42 Å². The van der Waals surface area contributed by atoms with E-state index in [2.05, 4.69) is 19.2 Å². The van der Waals surface area contributed by atoms with Crippen LogP contribution < -0.4 is 10.1 Å². The number of unbranched alkanes of at least 4 members (excludes halogenated alkanes) is 1. The van der Waals surface area contributed by atoms with Crippen molar-refractivity contribution in [2.24, 2.45) is 0 Å². The SMILES string of the molecule is CCCCC1(CC)CS(=O)(=O)c2cc(CO)c(OC)cc2C(c2ccccc2)N1. The van der Waals surface area contributed by atoms with Crippen molar-refractivity contribution in [3.05, 3.63) is 59.2 Å². The minimum atomic E-state index is -3.56. The van der Waals surface area contributed by atoms with Gasteiger partial charge >= 0.3 is 0 Å². The molecule has 0 bridgehead atoms. The van der Waals surface area contributed by atoms with Gasteiger partial charge in [0.15, 0.2) is 9.84 Å². The standard InChI is InChI=1S/C23H31NO4S/c1-4-6-12-23(5-2)16-29(26,27)21-13-18(15-25)20(28-3)14-19(21)22(24-23)17-10-8-7-9-11-17/h7-11,13-14,22,24-25H,4-6,12,15-16H2,1-3H3. The molecule has 29 heavy (non-hydrogen) atoms. The van der Waals surface area contributed by atoms with E-state index in [0.717, 1.165) is 24.8 Å². The number of sulfone groups is 1. The van der Waals surface area contributed by atoms with Crippen molar-refractivity contribution in [3.8, 4) is 5.75 Å². The van der Waals surface area contributed by atoms with E-state index in [1.54, 1.807) is 12.1 Å². The molecule has 5 nitrogen and oxygen atoms in total. The second-order valence-electron chi connectivity index (χ2n) is 7.84. The Morgan fingerprint density at radius 1 is 1.21 bits per heavy atom. The van der Waals surface area contributed by atoms with Gasteiger partial charge in [-0.3, -0.25) is 5.32 Å². The van der Waals surface area contributed by atoms with E-state index < -0.39 is 15.4 Å². The predicted molar refractivity (Wildman–Crippen MR) is 115 cm³/mol. The van der Waals surface area contributed by atoms with E-state index in [1.165, 1.54) is 7.11 Å². The van der Waals surface area contributed by atoms with Gasteiger partial charge in [-0.1, -0.05) is 57.0 Å². The number of rotatable bonds is 7.